The van der Waals surface area contributed by atoms with Gasteiger partial charge >= 0.3 is 6.03 Å². The van der Waals surface area contributed by atoms with Crippen molar-refractivity contribution in [3.63, 3.8) is 0 Å². The molecule has 3 amide bonds. The zero-order chi connectivity index (χ0) is 22.2. The molecule has 2 aliphatic rings. The number of piperidine rings is 1. The molecule has 10 heteroatoms. The molecule has 2 N–H and O–H groups in total. The Kier molecular flexibility index (Phi) is 8.68. The van der Waals surface area contributed by atoms with Crippen molar-refractivity contribution in [1.29, 1.82) is 0 Å². The van der Waals surface area contributed by atoms with Crippen molar-refractivity contribution in [2.24, 2.45) is 5.92 Å². The first-order valence-electron chi connectivity index (χ1n) is 11.1. The summed E-state index contributed by atoms with van der Waals surface area (Å²) in [5, 5.41) is 9.78. The van der Waals surface area contributed by atoms with Gasteiger partial charge in [0.15, 0.2) is 0 Å². The van der Waals surface area contributed by atoms with E-state index in [1.807, 2.05) is 4.90 Å². The number of aromatic nitrogens is 2. The molecule has 10 nitrogen and oxygen atoms in total. The number of morpholine rings is 1. The molecule has 0 aliphatic carbocycles. The van der Waals surface area contributed by atoms with Gasteiger partial charge in [0.1, 0.15) is 6.54 Å². The lowest BCUT2D eigenvalue weighted by molar-refractivity contribution is -0.122. The summed E-state index contributed by atoms with van der Waals surface area (Å²) in [7, 11) is 1.59. The fourth-order valence-electron chi connectivity index (χ4n) is 4.33. The number of anilines is 1. The molecule has 174 valence electrons. The second kappa shape index (κ2) is 11.4. The number of methoxy groups -OCH3 is 1. The van der Waals surface area contributed by atoms with E-state index in [1.165, 1.54) is 4.68 Å². The average molecular weight is 437 g/mol. The molecule has 31 heavy (non-hydrogen) atoms. The Morgan fingerprint density at radius 1 is 1.23 bits per heavy atom. The lowest BCUT2D eigenvalue weighted by Crippen LogP contribution is -2.49. The molecule has 3 heterocycles. The summed E-state index contributed by atoms with van der Waals surface area (Å²) in [5.41, 5.74) is 0.591. The van der Waals surface area contributed by atoms with Crippen molar-refractivity contribution < 1.29 is 19.1 Å². The first-order chi connectivity index (χ1) is 14.9. The Morgan fingerprint density at radius 2 is 1.94 bits per heavy atom. The number of urea groups is 1. The molecule has 0 aromatic carbocycles. The van der Waals surface area contributed by atoms with Crippen LogP contribution in [0, 0.1) is 5.92 Å². The Labute approximate surface area is 184 Å². The predicted molar refractivity (Wildman–Crippen MR) is 117 cm³/mol. The van der Waals surface area contributed by atoms with Crippen LogP contribution in [0.4, 0.5) is 10.5 Å². The van der Waals surface area contributed by atoms with Gasteiger partial charge in [-0.3, -0.25) is 14.4 Å². The highest BCUT2D eigenvalue weighted by Crippen LogP contribution is 2.21. The normalized spacial score (nSPS) is 23.0. The number of ether oxygens (including phenoxy) is 2. The minimum absolute atomic E-state index is 0.101. The summed E-state index contributed by atoms with van der Waals surface area (Å²) in [6.07, 6.45) is 5.82. The Morgan fingerprint density at radius 3 is 2.61 bits per heavy atom. The molecule has 2 atom stereocenters. The number of amides is 3. The van der Waals surface area contributed by atoms with Crippen molar-refractivity contribution in [1.82, 2.24) is 24.9 Å². The van der Waals surface area contributed by atoms with Crippen LogP contribution in [0.3, 0.4) is 0 Å². The van der Waals surface area contributed by atoms with Gasteiger partial charge in [-0.1, -0.05) is 0 Å². The van der Waals surface area contributed by atoms with Crippen molar-refractivity contribution >= 4 is 17.6 Å². The van der Waals surface area contributed by atoms with Crippen LogP contribution in [-0.4, -0.2) is 96.7 Å². The van der Waals surface area contributed by atoms with Crippen LogP contribution >= 0.6 is 0 Å². The third-order valence-electron chi connectivity index (χ3n) is 5.73. The number of carbonyl (C=O) groups is 2. The fraction of sp³-hybridized carbons (Fsp3) is 0.762. The van der Waals surface area contributed by atoms with E-state index in [-0.39, 0.29) is 30.7 Å². The van der Waals surface area contributed by atoms with Gasteiger partial charge < -0.3 is 25.0 Å². The van der Waals surface area contributed by atoms with Crippen molar-refractivity contribution in [2.45, 2.75) is 45.4 Å². The van der Waals surface area contributed by atoms with Crippen molar-refractivity contribution in [2.75, 3.05) is 58.3 Å². The van der Waals surface area contributed by atoms with E-state index in [1.54, 1.807) is 19.5 Å². The Balaban J connectivity index is 1.38. The van der Waals surface area contributed by atoms with Gasteiger partial charge in [0.2, 0.25) is 5.91 Å². The number of likely N-dealkylation sites (tertiary alicyclic amines) is 1. The van der Waals surface area contributed by atoms with E-state index in [4.69, 9.17) is 9.47 Å². The van der Waals surface area contributed by atoms with Gasteiger partial charge in [0.05, 0.1) is 30.7 Å². The van der Waals surface area contributed by atoms with E-state index < -0.39 is 0 Å². The van der Waals surface area contributed by atoms with Gasteiger partial charge in [-0.2, -0.15) is 5.10 Å². The molecule has 0 bridgehead atoms. The summed E-state index contributed by atoms with van der Waals surface area (Å²) in [5.74, 6) is 0.463. The van der Waals surface area contributed by atoms with Crippen LogP contribution in [0.2, 0.25) is 0 Å². The molecule has 2 aliphatic heterocycles. The maximum atomic E-state index is 12.6. The SMILES string of the molecule is COCCNC(=O)Cn1cc(NC(=O)N2CCC(CN3C[C@@H](C)O[C@H](C)C3)CC2)cn1. The molecule has 2 fully saturated rings. The number of carbonyl (C=O) groups excluding carboxylic acids is 2. The molecular weight excluding hydrogens is 400 g/mol. The van der Waals surface area contributed by atoms with Gasteiger partial charge in [0, 0.05) is 52.6 Å². The lowest BCUT2D eigenvalue weighted by Gasteiger charge is -2.39. The van der Waals surface area contributed by atoms with Crippen molar-refractivity contribution in [3.05, 3.63) is 12.4 Å². The van der Waals surface area contributed by atoms with Crippen LogP contribution in [0.25, 0.3) is 0 Å². The third kappa shape index (κ3) is 7.48. The molecule has 1 aromatic heterocycles. The quantitative estimate of drug-likeness (QED) is 0.590. The largest absolute Gasteiger partial charge is 0.383 e. The zero-order valence-electron chi connectivity index (χ0n) is 18.9. The highest BCUT2D eigenvalue weighted by Gasteiger charge is 2.28. The summed E-state index contributed by atoms with van der Waals surface area (Å²) in [4.78, 5) is 28.8. The Hall–Kier alpha value is -2.17. The van der Waals surface area contributed by atoms with Gasteiger partial charge in [-0.05, 0) is 32.6 Å². The minimum Gasteiger partial charge on any atom is -0.383 e. The molecule has 2 saturated heterocycles. The lowest BCUT2D eigenvalue weighted by atomic mass is 9.96. The van der Waals surface area contributed by atoms with Crippen LogP contribution in [-0.2, 0) is 20.8 Å². The van der Waals surface area contributed by atoms with E-state index in [2.05, 4.69) is 34.5 Å². The summed E-state index contributed by atoms with van der Waals surface area (Å²) < 4.78 is 12.2. The third-order valence-corrected chi connectivity index (χ3v) is 5.73. The van der Waals surface area contributed by atoms with Gasteiger partial charge in [0.25, 0.3) is 0 Å². The topological polar surface area (TPSA) is 101 Å². The molecule has 0 spiro atoms. The second-order valence-electron chi connectivity index (χ2n) is 8.61. The van der Waals surface area contributed by atoms with Crippen molar-refractivity contribution in [3.8, 4) is 0 Å². The van der Waals surface area contributed by atoms with Crippen LogP contribution in [0.5, 0.6) is 0 Å². The second-order valence-corrected chi connectivity index (χ2v) is 8.61. The van der Waals surface area contributed by atoms with Gasteiger partial charge in [-0.25, -0.2) is 4.79 Å². The average Bonchev–Trinajstić information content (AvgIpc) is 3.14. The summed E-state index contributed by atoms with van der Waals surface area (Å²) >= 11 is 0. The van der Waals surface area contributed by atoms with Crippen LogP contribution < -0.4 is 10.6 Å². The molecule has 3 rings (SSSR count). The smallest absolute Gasteiger partial charge is 0.321 e. The van der Waals surface area contributed by atoms with Crippen LogP contribution in [0.15, 0.2) is 12.4 Å². The maximum Gasteiger partial charge on any atom is 0.321 e. The molecule has 1 aromatic rings. The highest BCUT2D eigenvalue weighted by atomic mass is 16.5. The molecule has 0 radical (unpaired) electrons. The number of hydrogen-bond donors (Lipinski definition) is 2. The number of rotatable bonds is 8. The summed E-state index contributed by atoms with van der Waals surface area (Å²) in [6, 6.07) is -0.115. The number of nitrogens with zero attached hydrogens (tertiary/aromatic N) is 4. The molecule has 0 saturated carbocycles. The minimum atomic E-state index is -0.149. The predicted octanol–water partition coefficient (Wildman–Crippen LogP) is 0.999. The molecular formula is C21H36N6O4. The van der Waals surface area contributed by atoms with E-state index in [0.717, 1.165) is 45.6 Å². The number of hydrogen-bond acceptors (Lipinski definition) is 6. The molecule has 0 unspecified atom stereocenters. The van der Waals surface area contributed by atoms with Crippen LogP contribution in [0.1, 0.15) is 26.7 Å². The van der Waals surface area contributed by atoms with E-state index >= 15 is 0 Å². The first-order valence-corrected chi connectivity index (χ1v) is 11.1. The maximum absolute atomic E-state index is 12.6. The summed E-state index contributed by atoms with van der Waals surface area (Å²) in [6.45, 7) is 9.84. The zero-order valence-corrected chi connectivity index (χ0v) is 18.9. The monoisotopic (exact) mass is 436 g/mol. The Bertz CT molecular complexity index is 708. The van der Waals surface area contributed by atoms with Gasteiger partial charge in [-0.15, -0.1) is 0 Å². The fourth-order valence-corrected chi connectivity index (χ4v) is 4.33. The van der Waals surface area contributed by atoms with E-state index in [0.29, 0.717) is 24.8 Å². The highest BCUT2D eigenvalue weighted by molar-refractivity contribution is 5.89. The standard InChI is InChI=1S/C21H36N6O4/c1-16-11-25(12-17(2)31-16)13-18-4-7-26(8-5-18)21(29)24-19-10-23-27(14-19)15-20(28)22-6-9-30-3/h10,14,16-18H,4-9,11-13,15H2,1-3H3,(H,22,28)(H,24,29)/t16-,17-/m1/s1. The van der Waals surface area contributed by atoms with E-state index in [9.17, 15) is 9.59 Å². The first kappa shape index (κ1) is 23.5. The number of nitrogens with one attached hydrogen (secondary N) is 2.